The highest BCUT2D eigenvalue weighted by Crippen LogP contribution is 2.29. The molecule has 2 amide bonds. The number of allylic oxidation sites excluding steroid dienone is 1. The summed E-state index contributed by atoms with van der Waals surface area (Å²) >= 11 is 0. The van der Waals surface area contributed by atoms with Crippen molar-refractivity contribution >= 4 is 28.0 Å². The van der Waals surface area contributed by atoms with Crippen LogP contribution in [0, 0.1) is 6.92 Å². The van der Waals surface area contributed by atoms with E-state index in [1.54, 1.807) is 11.6 Å². The molecule has 0 bridgehead atoms. The Morgan fingerprint density at radius 3 is 2.62 bits per heavy atom. The van der Waals surface area contributed by atoms with Gasteiger partial charge in [0, 0.05) is 11.8 Å². The molecule has 0 radical (unpaired) electrons. The predicted molar refractivity (Wildman–Crippen MR) is 82.9 cm³/mol. The lowest BCUT2D eigenvalue weighted by atomic mass is 10.2. The summed E-state index contributed by atoms with van der Waals surface area (Å²) in [5, 5.41) is 11.2. The molecule has 1 aromatic heterocycles. The fourth-order valence-corrected chi connectivity index (χ4v) is 3.59. The second-order valence-corrected chi connectivity index (χ2v) is 6.70. The number of hydrogen-bond donors (Lipinski definition) is 3. The van der Waals surface area contributed by atoms with Gasteiger partial charge in [-0.15, -0.1) is 0 Å². The number of carboxylic acid groups (broad SMARTS) is 1. The van der Waals surface area contributed by atoms with Crippen molar-refractivity contribution in [2.24, 2.45) is 0 Å². The lowest BCUT2D eigenvalue weighted by Crippen LogP contribution is -2.36. The van der Waals surface area contributed by atoms with Crippen LogP contribution in [0.3, 0.4) is 0 Å². The average Bonchev–Trinajstić information content (AvgIpc) is 2.96. The maximum atomic E-state index is 12.2. The highest BCUT2D eigenvalue weighted by molar-refractivity contribution is 7.94. The van der Waals surface area contributed by atoms with Crippen LogP contribution in [0.25, 0.3) is 0 Å². The predicted octanol–water partition coefficient (Wildman–Crippen LogP) is 0.768. The molecule has 0 aromatic carbocycles. The number of hydrogen-bond acceptors (Lipinski definition) is 7. The van der Waals surface area contributed by atoms with Crippen LogP contribution in [0.2, 0.25) is 0 Å². The fourth-order valence-electron chi connectivity index (χ4n) is 2.25. The van der Waals surface area contributed by atoms with Crippen LogP contribution in [-0.2, 0) is 14.8 Å². The third-order valence-corrected chi connectivity index (χ3v) is 4.80. The number of anilines is 1. The van der Waals surface area contributed by atoms with Crippen LogP contribution in [0.5, 0.6) is 5.88 Å². The quantitative estimate of drug-likeness (QED) is 0.700. The molecule has 0 fully saturated rings. The molecule has 0 atom stereocenters. The van der Waals surface area contributed by atoms with Gasteiger partial charge in [-0.05, 0) is 26.2 Å². The second-order valence-electron chi connectivity index (χ2n) is 5.00. The van der Waals surface area contributed by atoms with E-state index in [1.165, 1.54) is 13.2 Å². The van der Waals surface area contributed by atoms with E-state index in [2.05, 4.69) is 15.3 Å². The first-order valence-corrected chi connectivity index (χ1v) is 8.40. The Bertz CT molecular complexity index is 818. The van der Waals surface area contributed by atoms with Gasteiger partial charge in [0.05, 0.1) is 17.6 Å². The highest BCUT2D eigenvalue weighted by atomic mass is 32.2. The van der Waals surface area contributed by atoms with Crippen LogP contribution in [-0.4, -0.2) is 42.6 Å². The standard InChI is InChI=1S/C13H16N4O6S/c1-7-6-10(23-2)15-12(14-7)16-13(20)17-24(21,22)9-5-3-4-8(9)11(18)19/h6H,3-5H2,1-2H3,(H,18,19)(H2,14,15,16,17,20). The second kappa shape index (κ2) is 6.83. The van der Waals surface area contributed by atoms with Gasteiger partial charge in [0.15, 0.2) is 0 Å². The third-order valence-electron chi connectivity index (χ3n) is 3.24. The number of methoxy groups -OCH3 is 1. The monoisotopic (exact) mass is 356 g/mol. The molecule has 11 heteroatoms. The molecule has 0 spiro atoms. The molecule has 24 heavy (non-hydrogen) atoms. The Labute approximate surface area is 138 Å². The number of aliphatic carboxylic acids is 1. The smallest absolute Gasteiger partial charge is 0.335 e. The van der Waals surface area contributed by atoms with Crippen molar-refractivity contribution in [2.75, 3.05) is 12.4 Å². The van der Waals surface area contributed by atoms with Crippen LogP contribution in [0.1, 0.15) is 25.0 Å². The molecule has 1 heterocycles. The summed E-state index contributed by atoms with van der Waals surface area (Å²) in [4.78, 5) is 30.4. The van der Waals surface area contributed by atoms with Gasteiger partial charge >= 0.3 is 12.0 Å². The number of sulfonamides is 1. The van der Waals surface area contributed by atoms with Crippen molar-refractivity contribution < 1.29 is 27.9 Å². The minimum Gasteiger partial charge on any atom is -0.481 e. The van der Waals surface area contributed by atoms with Gasteiger partial charge in [0.2, 0.25) is 11.8 Å². The van der Waals surface area contributed by atoms with Gasteiger partial charge in [-0.3, -0.25) is 5.32 Å². The number of ether oxygens (including phenoxy) is 1. The topological polar surface area (TPSA) is 148 Å². The van der Waals surface area contributed by atoms with Crippen LogP contribution >= 0.6 is 0 Å². The van der Waals surface area contributed by atoms with Crippen LogP contribution in [0.4, 0.5) is 10.7 Å². The molecule has 1 aliphatic carbocycles. The van der Waals surface area contributed by atoms with E-state index >= 15 is 0 Å². The zero-order valence-electron chi connectivity index (χ0n) is 13.0. The lowest BCUT2D eigenvalue weighted by Gasteiger charge is -2.10. The molecular weight excluding hydrogens is 340 g/mol. The lowest BCUT2D eigenvalue weighted by molar-refractivity contribution is -0.132. The molecule has 130 valence electrons. The first-order valence-electron chi connectivity index (χ1n) is 6.91. The van der Waals surface area contributed by atoms with Gasteiger partial charge in [0.25, 0.3) is 10.0 Å². The van der Waals surface area contributed by atoms with Gasteiger partial charge in [-0.2, -0.15) is 4.98 Å². The third kappa shape index (κ3) is 3.98. The number of rotatable bonds is 5. The largest absolute Gasteiger partial charge is 0.481 e. The van der Waals surface area contributed by atoms with E-state index in [9.17, 15) is 18.0 Å². The maximum Gasteiger partial charge on any atom is 0.335 e. The normalized spacial score (nSPS) is 14.4. The summed E-state index contributed by atoms with van der Waals surface area (Å²) in [6.45, 7) is 1.65. The van der Waals surface area contributed by atoms with Crippen molar-refractivity contribution in [1.29, 1.82) is 0 Å². The van der Waals surface area contributed by atoms with E-state index in [0.717, 1.165) is 0 Å². The molecular formula is C13H16N4O6S. The van der Waals surface area contributed by atoms with E-state index in [0.29, 0.717) is 12.1 Å². The molecule has 0 unspecified atom stereocenters. The van der Waals surface area contributed by atoms with Gasteiger partial charge < -0.3 is 9.84 Å². The number of aryl methyl sites for hydroxylation is 1. The summed E-state index contributed by atoms with van der Waals surface area (Å²) in [7, 11) is -2.86. The molecule has 1 aliphatic rings. The summed E-state index contributed by atoms with van der Waals surface area (Å²) in [5.41, 5.74) is 0.301. The Morgan fingerprint density at radius 2 is 2.00 bits per heavy atom. The molecule has 2 rings (SSSR count). The maximum absolute atomic E-state index is 12.2. The Morgan fingerprint density at radius 1 is 1.29 bits per heavy atom. The number of urea groups is 1. The average molecular weight is 356 g/mol. The van der Waals surface area contributed by atoms with Gasteiger partial charge in [-0.25, -0.2) is 27.7 Å². The first kappa shape index (κ1) is 17.7. The zero-order chi connectivity index (χ0) is 17.9. The van der Waals surface area contributed by atoms with Crippen molar-refractivity contribution in [3.63, 3.8) is 0 Å². The number of nitrogens with one attached hydrogen (secondary N) is 2. The van der Waals surface area contributed by atoms with E-state index in [4.69, 9.17) is 9.84 Å². The number of carboxylic acids is 1. The molecule has 0 saturated heterocycles. The number of carbonyl (C=O) groups excluding carboxylic acids is 1. The minimum absolute atomic E-state index is 0.0685. The molecule has 0 saturated carbocycles. The number of carbonyl (C=O) groups is 2. The molecule has 3 N–H and O–H groups in total. The van der Waals surface area contributed by atoms with Gasteiger partial charge in [-0.1, -0.05) is 0 Å². The number of aromatic nitrogens is 2. The number of amides is 2. The highest BCUT2D eigenvalue weighted by Gasteiger charge is 2.31. The summed E-state index contributed by atoms with van der Waals surface area (Å²) in [6.07, 6.45) is 0.613. The van der Waals surface area contributed by atoms with Crippen molar-refractivity contribution in [1.82, 2.24) is 14.7 Å². The number of nitrogens with zero attached hydrogens (tertiary/aromatic N) is 2. The van der Waals surface area contributed by atoms with E-state index < -0.39 is 22.0 Å². The molecule has 10 nitrogen and oxygen atoms in total. The fraction of sp³-hybridized carbons (Fsp3) is 0.385. The Kier molecular flexibility index (Phi) is 5.02. The summed E-state index contributed by atoms with van der Waals surface area (Å²) in [6, 6.07) is 0.439. The Balaban J connectivity index is 2.16. The van der Waals surface area contributed by atoms with Crippen LogP contribution in [0.15, 0.2) is 16.5 Å². The van der Waals surface area contributed by atoms with Crippen molar-refractivity contribution in [3.05, 3.63) is 22.2 Å². The summed E-state index contributed by atoms with van der Waals surface area (Å²) < 4.78 is 31.1. The SMILES string of the molecule is COc1cc(C)nc(NC(=O)NS(=O)(=O)C2=C(C(=O)O)CCC2)n1. The van der Waals surface area contributed by atoms with Crippen LogP contribution < -0.4 is 14.8 Å². The molecule has 0 aliphatic heterocycles. The zero-order valence-corrected chi connectivity index (χ0v) is 13.8. The Hall–Kier alpha value is -2.69. The first-order chi connectivity index (χ1) is 11.2. The van der Waals surface area contributed by atoms with E-state index in [1.807, 2.05) is 0 Å². The van der Waals surface area contributed by atoms with Crippen molar-refractivity contribution in [3.8, 4) is 5.88 Å². The molecule has 1 aromatic rings. The minimum atomic E-state index is -4.25. The van der Waals surface area contributed by atoms with Gasteiger partial charge in [0.1, 0.15) is 0 Å². The van der Waals surface area contributed by atoms with Crippen molar-refractivity contribution in [2.45, 2.75) is 26.2 Å². The van der Waals surface area contributed by atoms with E-state index in [-0.39, 0.29) is 35.1 Å². The summed E-state index contributed by atoms with van der Waals surface area (Å²) in [5.74, 6) is -1.24.